The summed E-state index contributed by atoms with van der Waals surface area (Å²) < 4.78 is 17.4. The highest BCUT2D eigenvalue weighted by Crippen LogP contribution is 2.41. The Labute approximate surface area is 195 Å². The number of carbonyl (C=O) groups is 1. The molecule has 3 aromatic rings. The van der Waals surface area contributed by atoms with Crippen molar-refractivity contribution in [2.45, 2.75) is 44.8 Å². The zero-order chi connectivity index (χ0) is 22.8. The van der Waals surface area contributed by atoms with Crippen molar-refractivity contribution in [1.82, 2.24) is 10.1 Å². The van der Waals surface area contributed by atoms with Gasteiger partial charge in [0.25, 0.3) is 5.88 Å². The highest BCUT2D eigenvalue weighted by atomic mass is 79.9. The average molecular weight is 503 g/mol. The van der Waals surface area contributed by atoms with Gasteiger partial charge in [0.2, 0.25) is 0 Å². The minimum atomic E-state index is -0.952. The Balaban J connectivity index is 1.67. The molecule has 2 aromatic carbocycles. The summed E-state index contributed by atoms with van der Waals surface area (Å²) >= 11 is 3.51. The summed E-state index contributed by atoms with van der Waals surface area (Å²) in [5, 5.41) is 17.7. The lowest BCUT2D eigenvalue weighted by Crippen LogP contribution is -2.37. The van der Waals surface area contributed by atoms with Gasteiger partial charge in [-0.15, -0.1) is 0 Å². The number of hydrogen-bond acceptors (Lipinski definition) is 6. The molecule has 0 aliphatic carbocycles. The molecule has 8 heteroatoms. The van der Waals surface area contributed by atoms with Gasteiger partial charge in [-0.1, -0.05) is 34.1 Å². The molecule has 1 amide bonds. The molecule has 0 spiro atoms. The molecule has 1 aliphatic rings. The third-order valence-electron chi connectivity index (χ3n) is 5.78. The monoisotopic (exact) mass is 502 g/mol. The number of aliphatic hydroxyl groups excluding tert-OH is 1. The van der Waals surface area contributed by atoms with Crippen molar-refractivity contribution in [2.24, 2.45) is 0 Å². The summed E-state index contributed by atoms with van der Waals surface area (Å²) in [5.74, 6) is 0.950. The number of ether oxygens (including phenoxy) is 2. The molecule has 1 atom stereocenters. The lowest BCUT2D eigenvalue weighted by Gasteiger charge is -2.30. The number of amides is 1. The van der Waals surface area contributed by atoms with Gasteiger partial charge in [0.05, 0.1) is 18.8 Å². The van der Waals surface area contributed by atoms with Gasteiger partial charge < -0.3 is 24.0 Å². The molecule has 2 heterocycles. The van der Waals surface area contributed by atoms with Crippen molar-refractivity contribution < 1.29 is 23.9 Å². The minimum absolute atomic E-state index is 0.0205. The number of aromatic nitrogens is 1. The average Bonchev–Trinajstić information content (AvgIpc) is 3.20. The SMILES string of the molecule is COC(=O)N1CCC(c2onc(OC(C)C)c2C(O)c2ccc3ccc(Br)cc3c2)CC1. The largest absolute Gasteiger partial charge is 0.473 e. The van der Waals surface area contributed by atoms with E-state index in [0.29, 0.717) is 43.1 Å². The molecule has 1 aliphatic heterocycles. The second kappa shape index (κ2) is 9.50. The van der Waals surface area contributed by atoms with Crippen LogP contribution in [0.15, 0.2) is 45.4 Å². The fourth-order valence-electron chi connectivity index (χ4n) is 4.17. The Bertz CT molecular complexity index is 1100. The first-order chi connectivity index (χ1) is 15.4. The fraction of sp³-hybridized carbons (Fsp3) is 0.417. The van der Waals surface area contributed by atoms with Crippen LogP contribution in [0.3, 0.4) is 0 Å². The first-order valence-electron chi connectivity index (χ1n) is 10.7. The van der Waals surface area contributed by atoms with E-state index in [0.717, 1.165) is 20.8 Å². The Morgan fingerprint density at radius 3 is 2.59 bits per heavy atom. The van der Waals surface area contributed by atoms with Crippen LogP contribution in [0.5, 0.6) is 5.88 Å². The number of likely N-dealkylation sites (tertiary alicyclic amines) is 1. The molecule has 0 bridgehead atoms. The van der Waals surface area contributed by atoms with Crippen molar-refractivity contribution in [3.05, 3.63) is 57.8 Å². The lowest BCUT2D eigenvalue weighted by atomic mass is 9.89. The van der Waals surface area contributed by atoms with E-state index in [1.165, 1.54) is 7.11 Å². The number of aliphatic hydroxyl groups is 1. The molecule has 1 saturated heterocycles. The number of methoxy groups -OCH3 is 1. The molecular weight excluding hydrogens is 476 g/mol. The highest BCUT2D eigenvalue weighted by Gasteiger charge is 2.34. The Kier molecular flexibility index (Phi) is 6.71. The summed E-state index contributed by atoms with van der Waals surface area (Å²) in [6, 6.07) is 11.9. The van der Waals surface area contributed by atoms with Crippen molar-refractivity contribution in [1.29, 1.82) is 0 Å². The van der Waals surface area contributed by atoms with E-state index in [1.54, 1.807) is 4.90 Å². The number of nitrogens with zero attached hydrogens (tertiary/aromatic N) is 2. The van der Waals surface area contributed by atoms with Gasteiger partial charge in [-0.25, -0.2) is 4.79 Å². The van der Waals surface area contributed by atoms with E-state index in [4.69, 9.17) is 14.0 Å². The molecule has 0 saturated carbocycles. The highest BCUT2D eigenvalue weighted by molar-refractivity contribution is 9.10. The smallest absolute Gasteiger partial charge is 0.409 e. The number of benzene rings is 2. The van der Waals surface area contributed by atoms with Gasteiger partial charge in [-0.05, 0) is 66.4 Å². The molecule has 170 valence electrons. The van der Waals surface area contributed by atoms with Crippen molar-refractivity contribution in [3.8, 4) is 5.88 Å². The number of hydrogen-bond donors (Lipinski definition) is 1. The van der Waals surface area contributed by atoms with E-state index < -0.39 is 6.10 Å². The maximum Gasteiger partial charge on any atom is 0.409 e. The van der Waals surface area contributed by atoms with Crippen LogP contribution in [0.2, 0.25) is 0 Å². The van der Waals surface area contributed by atoms with E-state index in [9.17, 15) is 9.90 Å². The number of rotatable bonds is 5. The van der Waals surface area contributed by atoms with E-state index in [2.05, 4.69) is 21.1 Å². The van der Waals surface area contributed by atoms with Crippen LogP contribution in [-0.4, -0.2) is 47.6 Å². The second-order valence-corrected chi connectivity index (χ2v) is 9.23. The van der Waals surface area contributed by atoms with Gasteiger partial charge in [0.1, 0.15) is 11.9 Å². The standard InChI is InChI=1S/C24H27BrN2O5/c1-14(2)31-23-20(21(28)17-5-4-15-6-7-19(25)13-18(15)12-17)22(32-26-23)16-8-10-27(11-9-16)24(29)30-3/h4-7,12-14,16,21,28H,8-11H2,1-3H3. The van der Waals surface area contributed by atoms with Gasteiger partial charge >= 0.3 is 6.09 Å². The lowest BCUT2D eigenvalue weighted by molar-refractivity contribution is 0.109. The number of fused-ring (bicyclic) bond motifs is 1. The van der Waals surface area contributed by atoms with Crippen LogP contribution < -0.4 is 4.74 Å². The normalized spacial score (nSPS) is 15.9. The molecule has 1 unspecified atom stereocenters. The number of carbonyl (C=O) groups excluding carboxylic acids is 1. The van der Waals surface area contributed by atoms with Gasteiger partial charge in [0.15, 0.2) is 0 Å². The van der Waals surface area contributed by atoms with Crippen molar-refractivity contribution >= 4 is 32.8 Å². The maximum absolute atomic E-state index is 11.8. The third-order valence-corrected chi connectivity index (χ3v) is 6.28. The Morgan fingerprint density at radius 2 is 1.91 bits per heavy atom. The minimum Gasteiger partial charge on any atom is -0.473 e. The first-order valence-corrected chi connectivity index (χ1v) is 11.5. The fourth-order valence-corrected chi connectivity index (χ4v) is 4.55. The van der Waals surface area contributed by atoms with E-state index in [-0.39, 0.29) is 18.1 Å². The topological polar surface area (TPSA) is 85.0 Å². The van der Waals surface area contributed by atoms with Crippen molar-refractivity contribution in [3.63, 3.8) is 0 Å². The van der Waals surface area contributed by atoms with Crippen LogP contribution in [0.4, 0.5) is 4.79 Å². The quantitative estimate of drug-likeness (QED) is 0.502. The zero-order valence-electron chi connectivity index (χ0n) is 18.4. The third kappa shape index (κ3) is 4.61. The van der Waals surface area contributed by atoms with E-state index >= 15 is 0 Å². The van der Waals surface area contributed by atoms with Crippen LogP contribution in [0.1, 0.15) is 55.6 Å². The maximum atomic E-state index is 11.8. The second-order valence-electron chi connectivity index (χ2n) is 8.32. The molecule has 0 radical (unpaired) electrons. The summed E-state index contributed by atoms with van der Waals surface area (Å²) in [6.07, 6.45) is -0.0157. The van der Waals surface area contributed by atoms with Gasteiger partial charge in [-0.2, -0.15) is 0 Å². The van der Waals surface area contributed by atoms with Gasteiger partial charge in [0, 0.05) is 23.5 Å². The summed E-state index contributed by atoms with van der Waals surface area (Å²) in [4.78, 5) is 13.5. The predicted octanol–water partition coefficient (Wildman–Crippen LogP) is 5.41. The van der Waals surface area contributed by atoms with E-state index in [1.807, 2.05) is 50.2 Å². The molecule has 4 rings (SSSR count). The molecule has 1 N–H and O–H groups in total. The van der Waals surface area contributed by atoms with Crippen LogP contribution in [0.25, 0.3) is 10.8 Å². The van der Waals surface area contributed by atoms with Gasteiger partial charge in [-0.3, -0.25) is 0 Å². The Morgan fingerprint density at radius 1 is 1.19 bits per heavy atom. The van der Waals surface area contributed by atoms with Crippen LogP contribution >= 0.6 is 15.9 Å². The van der Waals surface area contributed by atoms with Crippen molar-refractivity contribution in [2.75, 3.05) is 20.2 Å². The molecule has 7 nitrogen and oxygen atoms in total. The predicted molar refractivity (Wildman–Crippen MR) is 124 cm³/mol. The molecule has 1 fully saturated rings. The zero-order valence-corrected chi connectivity index (χ0v) is 20.0. The molecular formula is C24H27BrN2O5. The molecule has 1 aromatic heterocycles. The molecule has 32 heavy (non-hydrogen) atoms. The first kappa shape index (κ1) is 22.6. The van der Waals surface area contributed by atoms with Crippen LogP contribution in [-0.2, 0) is 4.74 Å². The Hall–Kier alpha value is -2.58. The summed E-state index contributed by atoms with van der Waals surface area (Å²) in [6.45, 7) is 4.93. The number of piperidine rings is 1. The summed E-state index contributed by atoms with van der Waals surface area (Å²) in [7, 11) is 1.39. The number of halogens is 1. The van der Waals surface area contributed by atoms with Crippen LogP contribution in [0, 0.1) is 0 Å². The summed E-state index contributed by atoms with van der Waals surface area (Å²) in [5.41, 5.74) is 1.30.